The van der Waals surface area contributed by atoms with Crippen molar-refractivity contribution in [1.82, 2.24) is 4.90 Å². The van der Waals surface area contributed by atoms with Crippen molar-refractivity contribution >= 4 is 0 Å². The summed E-state index contributed by atoms with van der Waals surface area (Å²) in [4.78, 5) is 2.39. The molecule has 0 aromatic rings. The first-order valence-corrected chi connectivity index (χ1v) is 6.27. The molecule has 3 nitrogen and oxygen atoms in total. The highest BCUT2D eigenvalue weighted by Crippen LogP contribution is 2.16. The van der Waals surface area contributed by atoms with Crippen LogP contribution in [-0.4, -0.2) is 41.8 Å². The van der Waals surface area contributed by atoms with Gasteiger partial charge in [-0.05, 0) is 31.8 Å². The van der Waals surface area contributed by atoms with Crippen molar-refractivity contribution < 1.29 is 5.11 Å². The molecule has 3 N–H and O–H groups in total. The van der Waals surface area contributed by atoms with Gasteiger partial charge < -0.3 is 10.8 Å². The number of aliphatic hydroxyl groups is 1. The lowest BCUT2D eigenvalue weighted by Gasteiger charge is -2.35. The van der Waals surface area contributed by atoms with Crippen LogP contribution in [0, 0.1) is 5.92 Å². The molecule has 2 unspecified atom stereocenters. The highest BCUT2D eigenvalue weighted by molar-refractivity contribution is 4.84. The van der Waals surface area contributed by atoms with E-state index < -0.39 is 0 Å². The van der Waals surface area contributed by atoms with Crippen LogP contribution in [0.5, 0.6) is 0 Å². The Morgan fingerprint density at radius 3 is 2.07 bits per heavy atom. The number of nitrogens with two attached hydrogens (primary N) is 1. The van der Waals surface area contributed by atoms with Gasteiger partial charge in [-0.15, -0.1) is 0 Å². The van der Waals surface area contributed by atoms with Crippen LogP contribution >= 0.6 is 0 Å². The topological polar surface area (TPSA) is 49.5 Å². The van der Waals surface area contributed by atoms with Crippen molar-refractivity contribution in [3.8, 4) is 0 Å². The SMILES string of the molecule is CC(C)C(N)C(CO)N1CCCCCC1. The summed E-state index contributed by atoms with van der Waals surface area (Å²) in [6.07, 6.45) is 5.15. The molecule has 1 aliphatic rings. The van der Waals surface area contributed by atoms with Gasteiger partial charge in [0.1, 0.15) is 0 Å². The Bertz CT molecular complexity index is 165. The van der Waals surface area contributed by atoms with Gasteiger partial charge in [0.25, 0.3) is 0 Å². The van der Waals surface area contributed by atoms with Crippen LogP contribution in [-0.2, 0) is 0 Å². The molecule has 15 heavy (non-hydrogen) atoms. The van der Waals surface area contributed by atoms with E-state index in [0.717, 1.165) is 13.1 Å². The fraction of sp³-hybridized carbons (Fsp3) is 1.00. The van der Waals surface area contributed by atoms with Gasteiger partial charge in [0, 0.05) is 12.1 Å². The highest BCUT2D eigenvalue weighted by atomic mass is 16.3. The average Bonchev–Trinajstić information content (AvgIpc) is 2.47. The Kier molecular flexibility index (Phi) is 5.58. The monoisotopic (exact) mass is 214 g/mol. The maximum Gasteiger partial charge on any atom is 0.0602 e. The molecule has 1 aliphatic heterocycles. The number of hydrogen-bond donors (Lipinski definition) is 2. The summed E-state index contributed by atoms with van der Waals surface area (Å²) in [6.45, 7) is 6.66. The molecule has 0 aromatic carbocycles. The summed E-state index contributed by atoms with van der Waals surface area (Å²) in [5.74, 6) is 0.436. The molecule has 1 fully saturated rings. The summed E-state index contributed by atoms with van der Waals surface area (Å²) in [5.41, 5.74) is 6.15. The quantitative estimate of drug-likeness (QED) is 0.739. The average molecular weight is 214 g/mol. The molecule has 1 heterocycles. The lowest BCUT2D eigenvalue weighted by atomic mass is 9.96. The fourth-order valence-electron chi connectivity index (χ4n) is 2.35. The van der Waals surface area contributed by atoms with Gasteiger partial charge in [-0.1, -0.05) is 26.7 Å². The van der Waals surface area contributed by atoms with Crippen molar-refractivity contribution in [2.75, 3.05) is 19.7 Å². The Balaban J connectivity index is 2.54. The zero-order chi connectivity index (χ0) is 11.3. The second-order valence-corrected chi connectivity index (χ2v) is 5.02. The normalized spacial score (nSPS) is 23.8. The van der Waals surface area contributed by atoms with Gasteiger partial charge in [0.2, 0.25) is 0 Å². The van der Waals surface area contributed by atoms with Gasteiger partial charge in [-0.2, -0.15) is 0 Å². The first kappa shape index (κ1) is 12.9. The largest absolute Gasteiger partial charge is 0.395 e. The number of likely N-dealkylation sites (tertiary alicyclic amines) is 1. The van der Waals surface area contributed by atoms with Gasteiger partial charge in [-0.3, -0.25) is 4.90 Å². The van der Waals surface area contributed by atoms with Crippen LogP contribution in [0.25, 0.3) is 0 Å². The molecule has 0 bridgehead atoms. The zero-order valence-corrected chi connectivity index (χ0v) is 10.2. The summed E-state index contributed by atoms with van der Waals surface area (Å²) < 4.78 is 0. The zero-order valence-electron chi connectivity index (χ0n) is 10.2. The molecule has 0 aliphatic carbocycles. The number of rotatable bonds is 4. The van der Waals surface area contributed by atoms with Crippen molar-refractivity contribution in [1.29, 1.82) is 0 Å². The van der Waals surface area contributed by atoms with E-state index in [1.807, 2.05) is 0 Å². The van der Waals surface area contributed by atoms with Gasteiger partial charge in [-0.25, -0.2) is 0 Å². The van der Waals surface area contributed by atoms with E-state index in [4.69, 9.17) is 5.73 Å². The molecule has 0 radical (unpaired) electrons. The minimum atomic E-state index is 0.0908. The summed E-state index contributed by atoms with van der Waals surface area (Å²) in [7, 11) is 0. The van der Waals surface area contributed by atoms with Crippen molar-refractivity contribution in [3.05, 3.63) is 0 Å². The Morgan fingerprint density at radius 1 is 1.13 bits per heavy atom. The summed E-state index contributed by atoms with van der Waals surface area (Å²) in [5, 5.41) is 9.47. The van der Waals surface area contributed by atoms with Crippen LogP contribution in [0.4, 0.5) is 0 Å². The molecule has 1 rings (SSSR count). The third-order valence-corrected chi connectivity index (χ3v) is 3.51. The second-order valence-electron chi connectivity index (χ2n) is 5.02. The molecule has 90 valence electrons. The molecule has 2 atom stereocenters. The first-order valence-electron chi connectivity index (χ1n) is 6.27. The summed E-state index contributed by atoms with van der Waals surface area (Å²) in [6, 6.07) is 0.246. The highest BCUT2D eigenvalue weighted by Gasteiger charge is 2.26. The Hall–Kier alpha value is -0.120. The van der Waals surface area contributed by atoms with Crippen molar-refractivity contribution in [2.24, 2.45) is 11.7 Å². The lowest BCUT2D eigenvalue weighted by molar-refractivity contribution is 0.0943. The van der Waals surface area contributed by atoms with Crippen LogP contribution in [0.1, 0.15) is 39.5 Å². The molecular weight excluding hydrogens is 188 g/mol. The molecule has 0 spiro atoms. The first-order chi connectivity index (χ1) is 7.16. The maximum atomic E-state index is 9.47. The standard InChI is InChI=1S/C12H26N2O/c1-10(2)12(13)11(9-15)14-7-5-3-4-6-8-14/h10-12,15H,3-9,13H2,1-2H3. The predicted octanol–water partition coefficient (Wildman–Crippen LogP) is 1.21. The van der Waals surface area contributed by atoms with E-state index in [9.17, 15) is 5.11 Å². The third-order valence-electron chi connectivity index (χ3n) is 3.51. The number of aliphatic hydroxyl groups excluding tert-OH is 1. The van der Waals surface area contributed by atoms with Crippen LogP contribution in [0.15, 0.2) is 0 Å². The molecular formula is C12H26N2O. The van der Waals surface area contributed by atoms with Gasteiger partial charge in [0.15, 0.2) is 0 Å². The predicted molar refractivity (Wildman–Crippen MR) is 63.7 cm³/mol. The Morgan fingerprint density at radius 2 is 1.67 bits per heavy atom. The minimum absolute atomic E-state index is 0.0908. The number of hydrogen-bond acceptors (Lipinski definition) is 3. The second kappa shape index (κ2) is 6.46. The van der Waals surface area contributed by atoms with E-state index in [2.05, 4.69) is 18.7 Å². The third kappa shape index (κ3) is 3.74. The van der Waals surface area contributed by atoms with E-state index >= 15 is 0 Å². The maximum absolute atomic E-state index is 9.47. The lowest BCUT2D eigenvalue weighted by Crippen LogP contribution is -2.52. The van der Waals surface area contributed by atoms with Crippen LogP contribution in [0.3, 0.4) is 0 Å². The molecule has 0 amide bonds. The Labute approximate surface area is 93.6 Å². The van der Waals surface area contributed by atoms with E-state index in [1.54, 1.807) is 0 Å². The minimum Gasteiger partial charge on any atom is -0.395 e. The van der Waals surface area contributed by atoms with Crippen LogP contribution < -0.4 is 5.73 Å². The fourth-order valence-corrected chi connectivity index (χ4v) is 2.35. The van der Waals surface area contributed by atoms with E-state index in [0.29, 0.717) is 5.92 Å². The molecule has 0 aromatic heterocycles. The molecule has 3 heteroatoms. The van der Waals surface area contributed by atoms with Crippen LogP contribution in [0.2, 0.25) is 0 Å². The van der Waals surface area contributed by atoms with Crippen molar-refractivity contribution in [3.63, 3.8) is 0 Å². The smallest absolute Gasteiger partial charge is 0.0602 e. The van der Waals surface area contributed by atoms with Crippen molar-refractivity contribution in [2.45, 2.75) is 51.6 Å². The van der Waals surface area contributed by atoms with Gasteiger partial charge >= 0.3 is 0 Å². The van der Waals surface area contributed by atoms with E-state index in [-0.39, 0.29) is 18.7 Å². The molecule has 1 saturated heterocycles. The molecule has 0 saturated carbocycles. The number of nitrogens with zero attached hydrogens (tertiary/aromatic N) is 1. The van der Waals surface area contributed by atoms with Gasteiger partial charge in [0.05, 0.1) is 6.61 Å². The van der Waals surface area contributed by atoms with E-state index in [1.165, 1.54) is 25.7 Å². The summed E-state index contributed by atoms with van der Waals surface area (Å²) >= 11 is 0.